The smallest absolute Gasteiger partial charge is 0.230 e. The van der Waals surface area contributed by atoms with Gasteiger partial charge in [0, 0.05) is 31.1 Å². The first-order valence-corrected chi connectivity index (χ1v) is 7.37. The number of nitrogens with zero attached hydrogens (tertiary/aromatic N) is 2. The number of rotatable bonds is 6. The van der Waals surface area contributed by atoms with Gasteiger partial charge in [0.1, 0.15) is 0 Å². The highest BCUT2D eigenvalue weighted by Crippen LogP contribution is 2.23. The number of aromatic nitrogens is 2. The fraction of sp³-hybridized carbons (Fsp3) is 0.692. The Kier molecular flexibility index (Phi) is 5.87. The normalized spacial score (nSPS) is 13.3. The molecule has 108 valence electrons. The van der Waals surface area contributed by atoms with E-state index >= 15 is 0 Å². The summed E-state index contributed by atoms with van der Waals surface area (Å²) in [5.74, 6) is 0.393. The van der Waals surface area contributed by atoms with Gasteiger partial charge in [0.2, 0.25) is 5.91 Å². The number of imidazole rings is 1. The van der Waals surface area contributed by atoms with Gasteiger partial charge in [-0.15, -0.1) is 0 Å². The molecular formula is C13H23N3O2S. The molecule has 1 aromatic rings. The highest BCUT2D eigenvalue weighted by atomic mass is 32.2. The van der Waals surface area contributed by atoms with E-state index in [2.05, 4.69) is 35.6 Å². The third-order valence-electron chi connectivity index (χ3n) is 2.62. The first kappa shape index (κ1) is 16.0. The molecule has 0 aliphatic rings. The molecule has 1 aromatic heterocycles. The van der Waals surface area contributed by atoms with E-state index in [1.165, 1.54) is 11.8 Å². The maximum atomic E-state index is 11.7. The van der Waals surface area contributed by atoms with E-state index in [1.807, 2.05) is 13.1 Å². The lowest BCUT2D eigenvalue weighted by Crippen LogP contribution is -2.31. The van der Waals surface area contributed by atoms with Crippen molar-refractivity contribution in [1.29, 1.82) is 0 Å². The molecule has 0 aliphatic carbocycles. The number of amides is 1. The number of thioether (sulfide) groups is 1. The van der Waals surface area contributed by atoms with Crippen molar-refractivity contribution < 1.29 is 9.90 Å². The molecule has 6 heteroatoms. The SMILES string of the molecule is CC(CO)CNC(=O)CSc1nccn1C(C)(C)C. The minimum absolute atomic E-state index is 0.0336. The van der Waals surface area contributed by atoms with Gasteiger partial charge in [0.15, 0.2) is 5.16 Å². The van der Waals surface area contributed by atoms with Gasteiger partial charge in [-0.3, -0.25) is 4.79 Å². The third-order valence-corrected chi connectivity index (χ3v) is 3.59. The summed E-state index contributed by atoms with van der Waals surface area (Å²) in [7, 11) is 0. The molecule has 19 heavy (non-hydrogen) atoms. The lowest BCUT2D eigenvalue weighted by molar-refractivity contribution is -0.118. The molecule has 0 fully saturated rings. The van der Waals surface area contributed by atoms with Gasteiger partial charge in [-0.25, -0.2) is 4.98 Å². The van der Waals surface area contributed by atoms with E-state index in [4.69, 9.17) is 5.11 Å². The molecule has 0 bridgehead atoms. The average Bonchev–Trinajstić information content (AvgIpc) is 2.81. The van der Waals surface area contributed by atoms with Crippen LogP contribution in [0.3, 0.4) is 0 Å². The number of hydrogen-bond donors (Lipinski definition) is 2. The van der Waals surface area contributed by atoms with E-state index in [-0.39, 0.29) is 24.0 Å². The first-order valence-electron chi connectivity index (χ1n) is 6.38. The average molecular weight is 285 g/mol. The van der Waals surface area contributed by atoms with Gasteiger partial charge in [0.25, 0.3) is 0 Å². The molecule has 0 radical (unpaired) electrons. The van der Waals surface area contributed by atoms with Gasteiger partial charge in [-0.05, 0) is 26.7 Å². The van der Waals surface area contributed by atoms with Crippen molar-refractivity contribution in [3.8, 4) is 0 Å². The molecule has 1 amide bonds. The van der Waals surface area contributed by atoms with E-state index in [9.17, 15) is 4.79 Å². The molecule has 0 saturated heterocycles. The summed E-state index contributed by atoms with van der Waals surface area (Å²) in [5.41, 5.74) is -0.0410. The van der Waals surface area contributed by atoms with Crippen molar-refractivity contribution in [3.05, 3.63) is 12.4 Å². The maximum absolute atomic E-state index is 11.7. The Morgan fingerprint density at radius 1 is 1.58 bits per heavy atom. The standard InChI is InChI=1S/C13H23N3O2S/c1-10(8-17)7-15-11(18)9-19-12-14-5-6-16(12)13(2,3)4/h5-6,10,17H,7-9H2,1-4H3,(H,15,18). The Hall–Kier alpha value is -1.01. The zero-order valence-electron chi connectivity index (χ0n) is 12.0. The lowest BCUT2D eigenvalue weighted by Gasteiger charge is -2.22. The summed E-state index contributed by atoms with van der Waals surface area (Å²) in [5, 5.41) is 12.5. The largest absolute Gasteiger partial charge is 0.396 e. The van der Waals surface area contributed by atoms with Crippen LogP contribution in [0.5, 0.6) is 0 Å². The first-order chi connectivity index (χ1) is 8.84. The molecule has 1 unspecified atom stereocenters. The quantitative estimate of drug-likeness (QED) is 0.777. The second-order valence-corrected chi connectivity index (χ2v) is 6.57. The second-order valence-electron chi connectivity index (χ2n) is 5.63. The predicted molar refractivity (Wildman–Crippen MR) is 77.2 cm³/mol. The van der Waals surface area contributed by atoms with Crippen LogP contribution in [0.25, 0.3) is 0 Å². The summed E-state index contributed by atoms with van der Waals surface area (Å²) in [4.78, 5) is 15.9. The molecule has 0 aliphatic heterocycles. The van der Waals surface area contributed by atoms with Gasteiger partial charge in [-0.2, -0.15) is 0 Å². The summed E-state index contributed by atoms with van der Waals surface area (Å²) < 4.78 is 2.06. The Morgan fingerprint density at radius 3 is 2.84 bits per heavy atom. The number of carbonyl (C=O) groups is 1. The summed E-state index contributed by atoms with van der Waals surface area (Å²) >= 11 is 1.43. The summed E-state index contributed by atoms with van der Waals surface area (Å²) in [6.45, 7) is 8.77. The fourth-order valence-electron chi connectivity index (χ4n) is 1.44. The van der Waals surface area contributed by atoms with E-state index in [0.717, 1.165) is 5.16 Å². The summed E-state index contributed by atoms with van der Waals surface area (Å²) in [6.07, 6.45) is 3.67. The van der Waals surface area contributed by atoms with Crippen LogP contribution in [0.1, 0.15) is 27.7 Å². The molecular weight excluding hydrogens is 262 g/mol. The lowest BCUT2D eigenvalue weighted by atomic mass is 10.1. The van der Waals surface area contributed by atoms with Crippen molar-refractivity contribution in [2.75, 3.05) is 18.9 Å². The number of aliphatic hydroxyl groups is 1. The Morgan fingerprint density at radius 2 is 2.26 bits per heavy atom. The van der Waals surface area contributed by atoms with E-state index < -0.39 is 0 Å². The minimum Gasteiger partial charge on any atom is -0.396 e. The predicted octanol–water partition coefficient (Wildman–Crippen LogP) is 1.47. The summed E-state index contributed by atoms with van der Waals surface area (Å²) in [6, 6.07) is 0. The van der Waals surface area contributed by atoms with Crippen LogP contribution in [0.2, 0.25) is 0 Å². The highest BCUT2D eigenvalue weighted by Gasteiger charge is 2.17. The van der Waals surface area contributed by atoms with Crippen molar-refractivity contribution in [1.82, 2.24) is 14.9 Å². The second kappa shape index (κ2) is 6.96. The number of aliphatic hydroxyl groups excluding tert-OH is 1. The third kappa shape index (κ3) is 5.24. The molecule has 2 N–H and O–H groups in total. The van der Waals surface area contributed by atoms with Gasteiger partial charge in [0.05, 0.1) is 5.75 Å². The maximum Gasteiger partial charge on any atom is 0.230 e. The zero-order chi connectivity index (χ0) is 14.5. The molecule has 0 spiro atoms. The molecule has 0 aromatic carbocycles. The Labute approximate surface area is 118 Å². The molecule has 1 rings (SSSR count). The topological polar surface area (TPSA) is 67.2 Å². The molecule has 1 heterocycles. The van der Waals surface area contributed by atoms with Gasteiger partial charge >= 0.3 is 0 Å². The van der Waals surface area contributed by atoms with E-state index in [0.29, 0.717) is 12.3 Å². The fourth-order valence-corrected chi connectivity index (χ4v) is 2.41. The van der Waals surface area contributed by atoms with Crippen LogP contribution in [0, 0.1) is 5.92 Å². The van der Waals surface area contributed by atoms with Crippen LogP contribution in [0.4, 0.5) is 0 Å². The Balaban J connectivity index is 2.45. The van der Waals surface area contributed by atoms with Crippen molar-refractivity contribution >= 4 is 17.7 Å². The van der Waals surface area contributed by atoms with E-state index in [1.54, 1.807) is 6.20 Å². The van der Waals surface area contributed by atoms with Crippen LogP contribution < -0.4 is 5.32 Å². The van der Waals surface area contributed by atoms with Crippen molar-refractivity contribution in [2.45, 2.75) is 38.4 Å². The van der Waals surface area contributed by atoms with Gasteiger partial charge < -0.3 is 15.0 Å². The van der Waals surface area contributed by atoms with Gasteiger partial charge in [-0.1, -0.05) is 18.7 Å². The van der Waals surface area contributed by atoms with Crippen LogP contribution in [-0.4, -0.2) is 39.5 Å². The number of nitrogens with one attached hydrogen (secondary N) is 1. The van der Waals surface area contributed by atoms with Crippen LogP contribution in [-0.2, 0) is 10.3 Å². The van der Waals surface area contributed by atoms with Crippen LogP contribution in [0.15, 0.2) is 17.6 Å². The minimum atomic E-state index is -0.0410. The number of carbonyl (C=O) groups excluding carboxylic acids is 1. The molecule has 0 saturated carbocycles. The highest BCUT2D eigenvalue weighted by molar-refractivity contribution is 7.99. The number of hydrogen-bond acceptors (Lipinski definition) is 4. The zero-order valence-corrected chi connectivity index (χ0v) is 12.8. The van der Waals surface area contributed by atoms with Crippen molar-refractivity contribution in [2.24, 2.45) is 5.92 Å². The van der Waals surface area contributed by atoms with Crippen molar-refractivity contribution in [3.63, 3.8) is 0 Å². The Bertz CT molecular complexity index is 412. The van der Waals surface area contributed by atoms with Crippen LogP contribution >= 0.6 is 11.8 Å². The molecule has 5 nitrogen and oxygen atoms in total. The molecule has 1 atom stereocenters. The monoisotopic (exact) mass is 285 g/mol.